The zero-order valence-corrected chi connectivity index (χ0v) is 25.8. The summed E-state index contributed by atoms with van der Waals surface area (Å²) in [5.74, 6) is 0.506. The minimum absolute atomic E-state index is 0.00148. The Labute approximate surface area is 255 Å². The number of nitriles is 1. The van der Waals surface area contributed by atoms with Gasteiger partial charge in [-0.1, -0.05) is 30.3 Å². The number of hydrogen-bond acceptors (Lipinski definition) is 6. The van der Waals surface area contributed by atoms with Crippen LogP contribution in [0.1, 0.15) is 77.9 Å². The van der Waals surface area contributed by atoms with Crippen LogP contribution >= 0.6 is 0 Å². The number of ether oxygens (including phenoxy) is 1. The number of pyridine rings is 1. The highest BCUT2D eigenvalue weighted by Crippen LogP contribution is 2.43. The fraction of sp³-hybridized carbons (Fsp3) is 0.588. The molecular formula is C34H45N6O3+. The van der Waals surface area contributed by atoms with Crippen molar-refractivity contribution in [2.45, 2.75) is 70.5 Å². The lowest BCUT2D eigenvalue weighted by Gasteiger charge is -2.55. The van der Waals surface area contributed by atoms with E-state index in [2.05, 4.69) is 52.5 Å². The van der Waals surface area contributed by atoms with Gasteiger partial charge in [-0.15, -0.1) is 0 Å². The largest absolute Gasteiger partial charge is 0.381 e. The number of quaternary nitrogens is 1. The smallest absolute Gasteiger partial charge is 0.348 e. The molecule has 4 saturated heterocycles. The molecule has 1 aromatic heterocycles. The number of nitrogens with zero attached hydrogens (tertiary/aromatic N) is 5. The SMILES string of the molecule is Cc1cc(C#N)nc(C)c1C(=O)[N+]1(C2(C)CCNCC2)CCC(N2C(=O)N(C[C@@H]3CCOC3)C[C@H]2c2ccccc2)CC1. The highest BCUT2D eigenvalue weighted by Gasteiger charge is 2.57. The van der Waals surface area contributed by atoms with Crippen molar-refractivity contribution in [2.24, 2.45) is 5.92 Å². The molecule has 4 fully saturated rings. The van der Waals surface area contributed by atoms with E-state index in [9.17, 15) is 14.9 Å². The summed E-state index contributed by atoms with van der Waals surface area (Å²) < 4.78 is 6.00. The maximum absolute atomic E-state index is 14.8. The third-order valence-electron chi connectivity index (χ3n) is 10.8. The van der Waals surface area contributed by atoms with E-state index in [0.29, 0.717) is 47.0 Å². The Bertz CT molecular complexity index is 1360. The molecule has 4 aliphatic rings. The summed E-state index contributed by atoms with van der Waals surface area (Å²) in [7, 11) is 0. The summed E-state index contributed by atoms with van der Waals surface area (Å²) in [5, 5.41) is 13.0. The van der Waals surface area contributed by atoms with Crippen molar-refractivity contribution in [3.05, 3.63) is 64.5 Å². The average molecular weight is 586 g/mol. The topological polar surface area (TPSA) is 98.6 Å². The second-order valence-corrected chi connectivity index (χ2v) is 13.3. The van der Waals surface area contributed by atoms with Crippen molar-refractivity contribution >= 4 is 11.9 Å². The van der Waals surface area contributed by atoms with Crippen LogP contribution in [0.2, 0.25) is 0 Å². The fourth-order valence-corrected chi connectivity index (χ4v) is 8.30. The van der Waals surface area contributed by atoms with Crippen molar-refractivity contribution < 1.29 is 18.8 Å². The minimum Gasteiger partial charge on any atom is -0.381 e. The van der Waals surface area contributed by atoms with Crippen LogP contribution in [-0.4, -0.2) is 95.3 Å². The predicted octanol–water partition coefficient (Wildman–Crippen LogP) is 4.35. The highest BCUT2D eigenvalue weighted by molar-refractivity contribution is 5.92. The number of aryl methyl sites for hydroxylation is 2. The van der Waals surface area contributed by atoms with Crippen LogP contribution in [0.4, 0.5) is 4.79 Å². The number of amides is 3. The molecule has 43 heavy (non-hydrogen) atoms. The van der Waals surface area contributed by atoms with E-state index in [1.807, 2.05) is 24.8 Å². The van der Waals surface area contributed by atoms with Crippen molar-refractivity contribution in [1.82, 2.24) is 20.1 Å². The third-order valence-corrected chi connectivity index (χ3v) is 10.8. The molecule has 0 aliphatic carbocycles. The Morgan fingerprint density at radius 2 is 1.88 bits per heavy atom. The van der Waals surface area contributed by atoms with E-state index in [0.717, 1.165) is 70.5 Å². The van der Waals surface area contributed by atoms with Crippen molar-refractivity contribution in [3.63, 3.8) is 0 Å². The maximum Gasteiger partial charge on any atom is 0.348 e. The quantitative estimate of drug-likeness (QED) is 0.507. The molecule has 6 rings (SSSR count). The van der Waals surface area contributed by atoms with Gasteiger partial charge in [0.2, 0.25) is 0 Å². The third kappa shape index (κ3) is 5.34. The number of aromatic nitrogens is 1. The first-order chi connectivity index (χ1) is 20.8. The Hall–Kier alpha value is -3.32. The highest BCUT2D eigenvalue weighted by atomic mass is 16.5. The molecule has 3 amide bonds. The molecule has 0 spiro atoms. The number of nitrogens with one attached hydrogen (secondary N) is 1. The second kappa shape index (κ2) is 12.0. The van der Waals surface area contributed by atoms with E-state index < -0.39 is 0 Å². The molecule has 4 aliphatic heterocycles. The van der Waals surface area contributed by atoms with Gasteiger partial charge in [0, 0.05) is 70.4 Å². The lowest BCUT2D eigenvalue weighted by atomic mass is 9.81. The lowest BCUT2D eigenvalue weighted by Crippen LogP contribution is -2.72. The van der Waals surface area contributed by atoms with Crippen LogP contribution in [0, 0.1) is 31.1 Å². The number of carbonyl (C=O) groups excluding carboxylic acids is 2. The van der Waals surface area contributed by atoms with Crippen molar-refractivity contribution in [2.75, 3.05) is 52.5 Å². The van der Waals surface area contributed by atoms with E-state index >= 15 is 0 Å². The van der Waals surface area contributed by atoms with Gasteiger partial charge in [0.05, 0.1) is 31.4 Å². The van der Waals surface area contributed by atoms with Gasteiger partial charge in [-0.3, -0.25) is 4.48 Å². The van der Waals surface area contributed by atoms with Gasteiger partial charge in [-0.05, 0) is 44.4 Å². The molecular weight excluding hydrogens is 540 g/mol. The summed E-state index contributed by atoms with van der Waals surface area (Å²) in [6.07, 6.45) is 4.37. The monoisotopic (exact) mass is 585 g/mol. The van der Waals surface area contributed by atoms with Gasteiger partial charge >= 0.3 is 11.9 Å². The van der Waals surface area contributed by atoms with Gasteiger partial charge in [0.1, 0.15) is 22.9 Å². The predicted molar refractivity (Wildman–Crippen MR) is 163 cm³/mol. The molecule has 9 nitrogen and oxygen atoms in total. The molecule has 1 aromatic carbocycles. The minimum atomic E-state index is -0.220. The molecule has 9 heteroatoms. The number of urea groups is 1. The zero-order valence-electron chi connectivity index (χ0n) is 25.8. The molecule has 0 saturated carbocycles. The summed E-state index contributed by atoms with van der Waals surface area (Å²) >= 11 is 0. The first-order valence-corrected chi connectivity index (χ1v) is 16.0. The molecule has 0 radical (unpaired) electrons. The van der Waals surface area contributed by atoms with E-state index in [4.69, 9.17) is 4.74 Å². The number of carbonyl (C=O) groups is 2. The van der Waals surface area contributed by atoms with Crippen LogP contribution in [0.15, 0.2) is 36.4 Å². The first-order valence-electron chi connectivity index (χ1n) is 16.0. The average Bonchev–Trinajstić information content (AvgIpc) is 3.65. The molecule has 228 valence electrons. The van der Waals surface area contributed by atoms with Gasteiger partial charge < -0.3 is 19.9 Å². The summed E-state index contributed by atoms with van der Waals surface area (Å²) in [4.78, 5) is 37.6. The van der Waals surface area contributed by atoms with Crippen LogP contribution in [0.3, 0.4) is 0 Å². The van der Waals surface area contributed by atoms with E-state index in [1.54, 1.807) is 6.07 Å². The molecule has 0 unspecified atom stereocenters. The number of piperidine rings is 2. The Kier molecular flexibility index (Phi) is 8.29. The van der Waals surface area contributed by atoms with Gasteiger partial charge in [0.15, 0.2) is 0 Å². The molecule has 5 heterocycles. The standard InChI is InChI=1S/C34H45N6O3/c1-24-19-28(20-35)37-25(2)31(24)32(41)40(34(3)12-14-36-15-13-34)16-9-29(10-17-40)39-30(27-7-5-4-6-8-27)22-38(33(39)42)21-26-11-18-43-23-26/h4-8,19,26,29-30,36H,9-18,21-23H2,1-3H3/q+1/t26-,29?,30-,40?/m0/s1. The Morgan fingerprint density at radius 3 is 2.51 bits per heavy atom. The molecule has 2 aromatic rings. The molecule has 0 bridgehead atoms. The molecule has 2 atom stereocenters. The van der Waals surface area contributed by atoms with E-state index in [-0.39, 0.29) is 29.6 Å². The molecule has 1 N–H and O–H groups in total. The van der Waals surface area contributed by atoms with Crippen molar-refractivity contribution in [3.8, 4) is 6.07 Å². The Morgan fingerprint density at radius 1 is 1.16 bits per heavy atom. The Balaban J connectivity index is 1.31. The summed E-state index contributed by atoms with van der Waals surface area (Å²) in [6.45, 7) is 12.1. The lowest BCUT2D eigenvalue weighted by molar-refractivity contribution is -0.907. The number of rotatable bonds is 6. The summed E-state index contributed by atoms with van der Waals surface area (Å²) in [5.41, 5.74) is 3.40. The van der Waals surface area contributed by atoms with Crippen LogP contribution in [0.5, 0.6) is 0 Å². The summed E-state index contributed by atoms with van der Waals surface area (Å²) in [6, 6.07) is 14.5. The van der Waals surface area contributed by atoms with Crippen molar-refractivity contribution in [1.29, 1.82) is 5.26 Å². The first kappa shape index (κ1) is 29.7. The zero-order chi connectivity index (χ0) is 30.2. The number of likely N-dealkylation sites (tertiary alicyclic amines) is 1. The van der Waals surface area contributed by atoms with Gasteiger partial charge in [0.25, 0.3) is 0 Å². The van der Waals surface area contributed by atoms with Crippen LogP contribution in [-0.2, 0) is 4.74 Å². The van der Waals surface area contributed by atoms with Gasteiger partial charge in [-0.25, -0.2) is 14.6 Å². The number of benzene rings is 1. The second-order valence-electron chi connectivity index (χ2n) is 13.3. The fourth-order valence-electron chi connectivity index (χ4n) is 8.30. The normalized spacial score (nSPS) is 29.1. The van der Waals surface area contributed by atoms with E-state index in [1.165, 1.54) is 5.56 Å². The number of hydrogen-bond donors (Lipinski definition) is 1. The van der Waals surface area contributed by atoms with Crippen LogP contribution in [0.25, 0.3) is 0 Å². The van der Waals surface area contributed by atoms with Crippen LogP contribution < -0.4 is 5.32 Å². The maximum atomic E-state index is 14.8. The van der Waals surface area contributed by atoms with Gasteiger partial charge in [-0.2, -0.15) is 5.26 Å².